The maximum Gasteiger partial charge on any atom is 0.519 e. The minimum atomic E-state index is -0.763. The second-order valence-electron chi connectivity index (χ2n) is 6.70. The highest BCUT2D eigenvalue weighted by molar-refractivity contribution is 6.32. The lowest BCUT2D eigenvalue weighted by atomic mass is 9.77. The molecule has 3 N–H and O–H groups in total. The number of rotatable bonds is 2. The molecule has 1 atom stereocenters. The summed E-state index contributed by atoms with van der Waals surface area (Å²) in [5.41, 5.74) is 8.51. The first-order chi connectivity index (χ1) is 13.0. The van der Waals surface area contributed by atoms with Crippen molar-refractivity contribution in [2.75, 3.05) is 24.6 Å². The van der Waals surface area contributed by atoms with Crippen molar-refractivity contribution in [1.29, 1.82) is 0 Å². The zero-order valence-electron chi connectivity index (χ0n) is 13.9. The van der Waals surface area contributed by atoms with Crippen LogP contribution in [0.15, 0.2) is 49.1 Å². The van der Waals surface area contributed by atoms with E-state index in [1.165, 1.54) is 0 Å². The number of anilines is 1. The van der Waals surface area contributed by atoms with Crippen molar-refractivity contribution >= 4 is 34.3 Å². The van der Waals surface area contributed by atoms with Gasteiger partial charge >= 0.3 is 5.82 Å². The molecule has 3 heterocycles. The maximum atomic E-state index is 11.4. The first-order valence-electron chi connectivity index (χ1n) is 8.23. The molecular weight excluding hydrogens is 374 g/mol. The van der Waals surface area contributed by atoms with E-state index < -0.39 is 11.2 Å². The van der Waals surface area contributed by atoms with E-state index >= 15 is 0 Å². The second-order valence-corrected chi connectivity index (χ2v) is 7.11. The summed E-state index contributed by atoms with van der Waals surface area (Å²) in [7, 11) is 0. The van der Waals surface area contributed by atoms with Crippen LogP contribution in [0.3, 0.4) is 0 Å². The number of nitrogens with two attached hydrogens (primary N) is 1. The van der Waals surface area contributed by atoms with Gasteiger partial charge in [-0.3, -0.25) is 0 Å². The van der Waals surface area contributed by atoms with Crippen molar-refractivity contribution in [3.05, 3.63) is 57.1 Å². The molecule has 1 aromatic heterocycles. The fourth-order valence-corrected chi connectivity index (χ4v) is 4.47. The van der Waals surface area contributed by atoms with Gasteiger partial charge in [-0.15, -0.1) is 0 Å². The minimum Gasteiger partial charge on any atom is -0.492 e. The summed E-state index contributed by atoms with van der Waals surface area (Å²) < 4.78 is 16.1. The Labute approximate surface area is 157 Å². The Kier molecular flexibility index (Phi) is 3.23. The molecule has 5 rings (SSSR count). The largest absolute Gasteiger partial charge is 0.519 e. The molecule has 0 amide bonds. The molecule has 0 bridgehead atoms. The molecule has 0 saturated heterocycles. The molecule has 2 aliphatic heterocycles. The van der Waals surface area contributed by atoms with Gasteiger partial charge < -0.3 is 29.4 Å². The molecule has 3 aromatic rings. The van der Waals surface area contributed by atoms with Gasteiger partial charge in [0.1, 0.15) is 12.4 Å². The Morgan fingerprint density at radius 3 is 2.89 bits per heavy atom. The standard InChI is InChI=1S/C18H14ClN3O5/c19-10-2-1-3-11-16(10)18(7-22(11)6-15(20)21-24)8-25-12-5-14-13(4-9(12)18)26-17(23)27-14/h1-5,24H,6-8H2,(H2,20,21). The number of ether oxygens (including phenoxy) is 1. The van der Waals surface area contributed by atoms with Gasteiger partial charge in [-0.05, 0) is 18.2 Å². The Morgan fingerprint density at radius 2 is 2.11 bits per heavy atom. The normalized spacial score (nSPS) is 20.9. The number of nitrogens with zero attached hydrogens (tertiary/aromatic N) is 2. The van der Waals surface area contributed by atoms with Crippen molar-refractivity contribution in [3.8, 4) is 5.75 Å². The maximum absolute atomic E-state index is 11.4. The Hall–Kier alpha value is -3.13. The van der Waals surface area contributed by atoms with Crippen molar-refractivity contribution in [2.24, 2.45) is 10.9 Å². The van der Waals surface area contributed by atoms with E-state index in [1.807, 2.05) is 23.1 Å². The minimum absolute atomic E-state index is 0.0911. The average molecular weight is 388 g/mol. The molecule has 2 aromatic carbocycles. The Morgan fingerprint density at radius 1 is 1.33 bits per heavy atom. The third-order valence-corrected chi connectivity index (χ3v) is 5.49. The van der Waals surface area contributed by atoms with Crippen molar-refractivity contribution < 1.29 is 18.8 Å². The van der Waals surface area contributed by atoms with Crippen LogP contribution in [0, 0.1) is 0 Å². The molecule has 0 radical (unpaired) electrons. The lowest BCUT2D eigenvalue weighted by Gasteiger charge is -2.25. The van der Waals surface area contributed by atoms with Crippen LogP contribution >= 0.6 is 11.6 Å². The summed E-state index contributed by atoms with van der Waals surface area (Å²) in [5.74, 6) is -0.0573. The number of hydrogen-bond donors (Lipinski definition) is 2. The van der Waals surface area contributed by atoms with E-state index in [2.05, 4.69) is 5.16 Å². The van der Waals surface area contributed by atoms with Gasteiger partial charge in [-0.25, -0.2) is 4.79 Å². The number of amidine groups is 1. The number of halogens is 1. The molecule has 2 aliphatic rings. The zero-order chi connectivity index (χ0) is 18.8. The van der Waals surface area contributed by atoms with Crippen LogP contribution in [-0.4, -0.2) is 30.7 Å². The number of fused-ring (bicyclic) bond motifs is 5. The average Bonchev–Trinajstić information content (AvgIpc) is 3.28. The first kappa shape index (κ1) is 16.1. The van der Waals surface area contributed by atoms with E-state index in [0.29, 0.717) is 35.1 Å². The van der Waals surface area contributed by atoms with Crippen LogP contribution in [0.5, 0.6) is 5.75 Å². The van der Waals surface area contributed by atoms with Crippen LogP contribution in [0.1, 0.15) is 11.1 Å². The summed E-state index contributed by atoms with van der Waals surface area (Å²) in [4.78, 5) is 13.4. The summed E-state index contributed by atoms with van der Waals surface area (Å²) in [6.07, 6.45) is 0. The number of benzene rings is 2. The van der Waals surface area contributed by atoms with Crippen LogP contribution in [0.25, 0.3) is 11.2 Å². The lowest BCUT2D eigenvalue weighted by molar-refractivity contribution is 0.299. The molecule has 138 valence electrons. The van der Waals surface area contributed by atoms with Gasteiger partial charge in [0.05, 0.1) is 12.0 Å². The molecule has 0 fully saturated rings. The quantitative estimate of drug-likeness (QED) is 0.300. The highest BCUT2D eigenvalue weighted by Gasteiger charge is 2.51. The van der Waals surface area contributed by atoms with Gasteiger partial charge in [-0.1, -0.05) is 22.8 Å². The van der Waals surface area contributed by atoms with Gasteiger partial charge in [0, 0.05) is 34.4 Å². The second kappa shape index (κ2) is 5.43. The van der Waals surface area contributed by atoms with Crippen LogP contribution < -0.4 is 21.2 Å². The summed E-state index contributed by atoms with van der Waals surface area (Å²) in [6, 6.07) is 9.04. The van der Waals surface area contributed by atoms with Gasteiger partial charge in [0.2, 0.25) is 0 Å². The topological polar surface area (TPSA) is 114 Å². The smallest absolute Gasteiger partial charge is 0.492 e. The molecule has 27 heavy (non-hydrogen) atoms. The molecule has 0 aliphatic carbocycles. The SMILES string of the molecule is NC(CN1CC2(COc3cc4oc(=O)oc4cc32)c2c(Cl)cccc21)=NO. The first-order valence-corrected chi connectivity index (χ1v) is 8.61. The monoisotopic (exact) mass is 387 g/mol. The van der Waals surface area contributed by atoms with Crippen LogP contribution in [0.2, 0.25) is 5.02 Å². The zero-order valence-corrected chi connectivity index (χ0v) is 14.7. The third-order valence-electron chi connectivity index (χ3n) is 5.18. The fourth-order valence-electron chi connectivity index (χ4n) is 4.12. The number of hydrogen-bond acceptors (Lipinski definition) is 7. The Balaban J connectivity index is 1.73. The molecule has 8 nitrogen and oxygen atoms in total. The summed E-state index contributed by atoms with van der Waals surface area (Å²) >= 11 is 6.58. The van der Waals surface area contributed by atoms with E-state index in [0.717, 1.165) is 16.8 Å². The fraction of sp³-hybridized carbons (Fsp3) is 0.222. The Bertz CT molecular complexity index is 1170. The van der Waals surface area contributed by atoms with Crippen LogP contribution in [0.4, 0.5) is 5.69 Å². The van der Waals surface area contributed by atoms with E-state index in [9.17, 15) is 4.79 Å². The highest BCUT2D eigenvalue weighted by atomic mass is 35.5. The predicted octanol–water partition coefficient (Wildman–Crippen LogP) is 2.28. The van der Waals surface area contributed by atoms with Gasteiger partial charge in [-0.2, -0.15) is 0 Å². The predicted molar refractivity (Wildman–Crippen MR) is 98.1 cm³/mol. The highest BCUT2D eigenvalue weighted by Crippen LogP contribution is 2.54. The van der Waals surface area contributed by atoms with Crippen molar-refractivity contribution in [1.82, 2.24) is 0 Å². The molecule has 1 spiro atoms. The van der Waals surface area contributed by atoms with Gasteiger partial charge in [0.25, 0.3) is 0 Å². The lowest BCUT2D eigenvalue weighted by Crippen LogP contribution is -2.39. The van der Waals surface area contributed by atoms with E-state index in [4.69, 9.17) is 36.1 Å². The third kappa shape index (κ3) is 2.16. The van der Waals surface area contributed by atoms with E-state index in [1.54, 1.807) is 12.1 Å². The molecule has 9 heteroatoms. The van der Waals surface area contributed by atoms with Crippen molar-refractivity contribution in [3.63, 3.8) is 0 Å². The van der Waals surface area contributed by atoms with Crippen molar-refractivity contribution in [2.45, 2.75) is 5.41 Å². The number of oxime groups is 1. The van der Waals surface area contributed by atoms with Crippen LogP contribution in [-0.2, 0) is 5.41 Å². The molecule has 0 saturated carbocycles. The van der Waals surface area contributed by atoms with Gasteiger partial charge in [0.15, 0.2) is 17.0 Å². The molecular formula is C18H14ClN3O5. The molecule has 1 unspecified atom stereocenters. The summed E-state index contributed by atoms with van der Waals surface area (Å²) in [6.45, 7) is 1.12. The van der Waals surface area contributed by atoms with E-state index in [-0.39, 0.29) is 12.4 Å². The summed E-state index contributed by atoms with van der Waals surface area (Å²) in [5, 5.41) is 12.6.